The van der Waals surface area contributed by atoms with Crippen LogP contribution in [0.25, 0.3) is 10.8 Å². The van der Waals surface area contributed by atoms with Gasteiger partial charge >= 0.3 is 0 Å². The van der Waals surface area contributed by atoms with Gasteiger partial charge in [-0.05, 0) is 52.8 Å². The monoisotopic (exact) mass is 481 g/mol. The highest BCUT2D eigenvalue weighted by Crippen LogP contribution is 2.32. The number of fused-ring (bicyclic) bond motifs is 2. The molecule has 4 aromatic rings. The molecule has 0 aliphatic carbocycles. The van der Waals surface area contributed by atoms with E-state index >= 15 is 0 Å². The Bertz CT molecular complexity index is 1430. The van der Waals surface area contributed by atoms with Gasteiger partial charge in [-0.1, -0.05) is 47.7 Å². The van der Waals surface area contributed by atoms with Crippen LogP contribution in [0.3, 0.4) is 0 Å². The molecule has 1 N–H and O–H groups in total. The number of rotatable bonds is 6. The van der Waals surface area contributed by atoms with Crippen molar-refractivity contribution in [2.45, 2.75) is 25.9 Å². The topological polar surface area (TPSA) is 89.4 Å². The van der Waals surface area contributed by atoms with Crippen LogP contribution in [0, 0.1) is 5.92 Å². The molecule has 2 aliphatic heterocycles. The smallest absolute Gasteiger partial charge is 0.256 e. The Hall–Kier alpha value is -4.04. The Labute approximate surface area is 208 Å². The van der Waals surface area contributed by atoms with Gasteiger partial charge in [-0.25, -0.2) is 4.68 Å². The van der Waals surface area contributed by atoms with E-state index in [-0.39, 0.29) is 11.8 Å². The molecule has 3 aromatic carbocycles. The number of amides is 2. The van der Waals surface area contributed by atoms with Gasteiger partial charge in [-0.3, -0.25) is 9.59 Å². The molecule has 2 aliphatic rings. The zero-order chi connectivity index (χ0) is 24.5. The second-order valence-electron chi connectivity index (χ2n) is 9.45. The van der Waals surface area contributed by atoms with E-state index in [9.17, 15) is 9.59 Å². The highest BCUT2D eigenvalue weighted by Gasteiger charge is 2.32. The molecular formula is C28H27N5O3. The Balaban J connectivity index is 1.26. The van der Waals surface area contributed by atoms with Crippen molar-refractivity contribution in [2.75, 3.05) is 25.1 Å². The molecule has 6 rings (SSSR count). The van der Waals surface area contributed by atoms with Crippen LogP contribution in [-0.4, -0.2) is 51.5 Å². The van der Waals surface area contributed by atoms with E-state index in [0.29, 0.717) is 35.8 Å². The van der Waals surface area contributed by atoms with Crippen molar-refractivity contribution in [1.29, 1.82) is 0 Å². The van der Waals surface area contributed by atoms with Crippen LogP contribution >= 0.6 is 0 Å². The third kappa shape index (κ3) is 4.24. The van der Waals surface area contributed by atoms with Gasteiger partial charge in [0.15, 0.2) is 0 Å². The summed E-state index contributed by atoms with van der Waals surface area (Å²) in [6.07, 6.45) is 5.41. The lowest BCUT2D eigenvalue weighted by molar-refractivity contribution is 0.0469. The minimum Gasteiger partial charge on any atom is -0.381 e. The normalized spacial score (nSPS) is 15.9. The van der Waals surface area contributed by atoms with Gasteiger partial charge in [-0.2, -0.15) is 0 Å². The number of anilines is 1. The van der Waals surface area contributed by atoms with Crippen LogP contribution in [0.4, 0.5) is 5.69 Å². The number of hydrogen-bond acceptors (Lipinski definition) is 5. The first-order valence-corrected chi connectivity index (χ1v) is 12.3. The van der Waals surface area contributed by atoms with Crippen molar-refractivity contribution < 1.29 is 14.3 Å². The molecule has 0 bridgehead atoms. The van der Waals surface area contributed by atoms with Crippen LogP contribution in [0.1, 0.15) is 44.7 Å². The summed E-state index contributed by atoms with van der Waals surface area (Å²) in [6.45, 7) is 3.38. The first-order chi connectivity index (χ1) is 17.7. The number of nitrogens with one attached hydrogen (secondary N) is 1. The summed E-state index contributed by atoms with van der Waals surface area (Å²) in [4.78, 5) is 28.7. The Kier molecular flexibility index (Phi) is 5.95. The molecule has 0 atom stereocenters. The van der Waals surface area contributed by atoms with Gasteiger partial charge in [0.2, 0.25) is 0 Å². The van der Waals surface area contributed by atoms with Crippen molar-refractivity contribution in [3.8, 4) is 0 Å². The van der Waals surface area contributed by atoms with Crippen LogP contribution in [-0.2, 0) is 17.8 Å². The van der Waals surface area contributed by atoms with Crippen molar-refractivity contribution in [3.63, 3.8) is 0 Å². The van der Waals surface area contributed by atoms with E-state index in [4.69, 9.17) is 4.74 Å². The molecule has 3 heterocycles. The van der Waals surface area contributed by atoms with E-state index in [1.165, 1.54) is 0 Å². The first kappa shape index (κ1) is 22.4. The molecule has 36 heavy (non-hydrogen) atoms. The van der Waals surface area contributed by atoms with Crippen molar-refractivity contribution >= 4 is 28.3 Å². The Morgan fingerprint density at radius 3 is 2.67 bits per heavy atom. The molecule has 182 valence electrons. The predicted molar refractivity (Wildman–Crippen MR) is 136 cm³/mol. The molecule has 0 radical (unpaired) electrons. The summed E-state index contributed by atoms with van der Waals surface area (Å²) in [5, 5.41) is 12.8. The van der Waals surface area contributed by atoms with Crippen LogP contribution in [0.2, 0.25) is 0 Å². The first-order valence-electron chi connectivity index (χ1n) is 12.3. The third-order valence-corrected chi connectivity index (χ3v) is 7.14. The maximum Gasteiger partial charge on any atom is 0.256 e. The van der Waals surface area contributed by atoms with Crippen molar-refractivity contribution in [3.05, 3.63) is 89.2 Å². The average Bonchev–Trinajstić information content (AvgIpc) is 3.53. The van der Waals surface area contributed by atoms with Crippen molar-refractivity contribution in [2.24, 2.45) is 5.92 Å². The van der Waals surface area contributed by atoms with E-state index in [1.807, 2.05) is 65.7 Å². The molecule has 1 aromatic heterocycles. The second-order valence-corrected chi connectivity index (χ2v) is 9.45. The summed E-state index contributed by atoms with van der Waals surface area (Å²) >= 11 is 0. The van der Waals surface area contributed by atoms with Crippen LogP contribution < -0.4 is 5.32 Å². The fourth-order valence-corrected chi connectivity index (χ4v) is 5.29. The maximum absolute atomic E-state index is 13.5. The minimum absolute atomic E-state index is 0.0135. The van der Waals surface area contributed by atoms with Crippen molar-refractivity contribution in [1.82, 2.24) is 19.9 Å². The molecule has 0 spiro atoms. The Morgan fingerprint density at radius 1 is 1.03 bits per heavy atom. The van der Waals surface area contributed by atoms with Gasteiger partial charge in [0.25, 0.3) is 11.8 Å². The standard InChI is InChI=1S/C28H27N5O3/c34-27(24-9-8-20(18-33-13-12-29-31-33)22-5-1-2-6-23(22)24)30-25-7-3-4-21-17-32(28(35)26(21)25)16-19-10-14-36-15-11-19/h1-9,12-13,19H,10-11,14-18H2,(H,30,34). The summed E-state index contributed by atoms with van der Waals surface area (Å²) in [6, 6.07) is 17.3. The number of aromatic nitrogens is 3. The summed E-state index contributed by atoms with van der Waals surface area (Å²) in [7, 11) is 0. The fourth-order valence-electron chi connectivity index (χ4n) is 5.29. The van der Waals surface area contributed by atoms with E-state index in [2.05, 4.69) is 15.6 Å². The summed E-state index contributed by atoms with van der Waals surface area (Å²) in [5.74, 6) is 0.209. The number of carbonyl (C=O) groups is 2. The number of carbonyl (C=O) groups excluding carboxylic acids is 2. The summed E-state index contributed by atoms with van der Waals surface area (Å²) < 4.78 is 7.22. The lowest BCUT2D eigenvalue weighted by Crippen LogP contribution is -2.32. The number of hydrogen-bond donors (Lipinski definition) is 1. The number of benzene rings is 3. The van der Waals surface area contributed by atoms with Gasteiger partial charge in [-0.15, -0.1) is 5.10 Å². The Morgan fingerprint density at radius 2 is 1.86 bits per heavy atom. The van der Waals surface area contributed by atoms with E-state index in [0.717, 1.165) is 54.5 Å². The molecule has 0 unspecified atom stereocenters. The molecule has 1 fully saturated rings. The fraction of sp³-hybridized carbons (Fsp3) is 0.286. The molecule has 1 saturated heterocycles. The molecule has 8 nitrogen and oxygen atoms in total. The second kappa shape index (κ2) is 9.54. The third-order valence-electron chi connectivity index (χ3n) is 7.14. The highest BCUT2D eigenvalue weighted by molar-refractivity contribution is 6.15. The largest absolute Gasteiger partial charge is 0.381 e. The number of nitrogens with zero attached hydrogens (tertiary/aromatic N) is 4. The van der Waals surface area contributed by atoms with Gasteiger partial charge in [0, 0.05) is 38.1 Å². The highest BCUT2D eigenvalue weighted by atomic mass is 16.5. The number of ether oxygens (including phenoxy) is 1. The zero-order valence-corrected chi connectivity index (χ0v) is 19.9. The predicted octanol–water partition coefficient (Wildman–Crippen LogP) is 4.11. The zero-order valence-electron chi connectivity index (χ0n) is 19.9. The van der Waals surface area contributed by atoms with E-state index < -0.39 is 0 Å². The van der Waals surface area contributed by atoms with Crippen LogP contribution in [0.5, 0.6) is 0 Å². The SMILES string of the molecule is O=C(Nc1cccc2c1C(=O)N(CC1CCOCC1)C2)c1ccc(Cn2ccnn2)c2ccccc12. The van der Waals surface area contributed by atoms with Gasteiger partial charge < -0.3 is 15.0 Å². The summed E-state index contributed by atoms with van der Waals surface area (Å²) in [5.41, 5.74) is 3.73. The average molecular weight is 482 g/mol. The van der Waals surface area contributed by atoms with Gasteiger partial charge in [0.1, 0.15) is 0 Å². The lowest BCUT2D eigenvalue weighted by Gasteiger charge is -2.26. The minimum atomic E-state index is -0.234. The molecule has 8 heteroatoms. The van der Waals surface area contributed by atoms with Gasteiger partial charge in [0.05, 0.1) is 24.0 Å². The maximum atomic E-state index is 13.5. The van der Waals surface area contributed by atoms with Crippen LogP contribution in [0.15, 0.2) is 67.0 Å². The molecule has 0 saturated carbocycles. The quantitative estimate of drug-likeness (QED) is 0.448. The lowest BCUT2D eigenvalue weighted by atomic mass is 9.98. The molecular weight excluding hydrogens is 454 g/mol. The molecule has 2 amide bonds. The van der Waals surface area contributed by atoms with E-state index in [1.54, 1.807) is 10.9 Å².